The van der Waals surface area contributed by atoms with Gasteiger partial charge in [0.05, 0.1) is 16.3 Å². The zero-order chi connectivity index (χ0) is 21.5. The number of fused-ring (bicyclic) bond motifs is 3. The molecule has 0 amide bonds. The normalized spacial score (nSPS) is 14.3. The van der Waals surface area contributed by atoms with Gasteiger partial charge in [0.25, 0.3) is 5.69 Å². The van der Waals surface area contributed by atoms with Crippen LogP contribution in [-0.2, 0) is 0 Å². The molecule has 0 fully saturated rings. The van der Waals surface area contributed by atoms with E-state index in [0.29, 0.717) is 11.5 Å². The van der Waals surface area contributed by atoms with Gasteiger partial charge in [-0.15, -0.1) is 0 Å². The number of hydrogen-bond acceptors (Lipinski definition) is 5. The first-order valence-corrected chi connectivity index (χ1v) is 9.94. The third kappa shape index (κ3) is 3.40. The second kappa shape index (κ2) is 7.28. The molecule has 0 aliphatic carbocycles. The van der Waals surface area contributed by atoms with Crippen molar-refractivity contribution >= 4 is 11.4 Å². The van der Waals surface area contributed by atoms with E-state index in [1.54, 1.807) is 12.1 Å². The van der Waals surface area contributed by atoms with Crippen LogP contribution in [0.4, 0.5) is 11.4 Å². The first-order chi connectivity index (χ1) is 15.0. The molecular weight excluding hydrogens is 392 g/mol. The lowest BCUT2D eigenvalue weighted by Crippen LogP contribution is -2.26. The topological polar surface area (TPSA) is 82.2 Å². The number of benzene rings is 3. The fourth-order valence-corrected chi connectivity index (χ4v) is 3.90. The molecule has 0 spiro atoms. The van der Waals surface area contributed by atoms with Crippen LogP contribution in [-0.4, -0.2) is 14.7 Å². The van der Waals surface area contributed by atoms with E-state index in [0.717, 1.165) is 28.2 Å². The molecule has 0 radical (unpaired) electrons. The molecule has 1 aliphatic rings. The Morgan fingerprint density at radius 2 is 1.68 bits per heavy atom. The lowest BCUT2D eigenvalue weighted by molar-refractivity contribution is -0.384. The van der Waals surface area contributed by atoms with Gasteiger partial charge in [0, 0.05) is 23.4 Å². The third-order valence-electron chi connectivity index (χ3n) is 5.41. The molecule has 0 saturated carbocycles. The number of ether oxygens (including phenoxy) is 1. The van der Waals surface area contributed by atoms with E-state index in [9.17, 15) is 10.1 Å². The van der Waals surface area contributed by atoms with Crippen molar-refractivity contribution in [1.29, 1.82) is 0 Å². The van der Waals surface area contributed by atoms with Crippen LogP contribution >= 0.6 is 0 Å². The average Bonchev–Trinajstić information content (AvgIpc) is 3.16. The fraction of sp³-hybridized carbons (Fsp3) is 0.125. The summed E-state index contributed by atoms with van der Waals surface area (Å²) in [7, 11) is 0. The minimum atomic E-state index is -0.430. The number of anilines is 1. The number of non-ortho nitro benzene ring substituents is 1. The van der Waals surface area contributed by atoms with Gasteiger partial charge in [-0.25, -0.2) is 4.68 Å². The smallest absolute Gasteiger partial charge is 0.269 e. The van der Waals surface area contributed by atoms with Gasteiger partial charge in [-0.05, 0) is 55.3 Å². The van der Waals surface area contributed by atoms with Gasteiger partial charge in [-0.1, -0.05) is 30.3 Å². The molecule has 1 aromatic heterocycles. The van der Waals surface area contributed by atoms with Crippen LogP contribution < -0.4 is 10.1 Å². The summed E-state index contributed by atoms with van der Waals surface area (Å²) in [6.45, 7) is 4.10. The van der Waals surface area contributed by atoms with E-state index in [1.807, 2.05) is 35.9 Å². The van der Waals surface area contributed by atoms with Gasteiger partial charge in [0.15, 0.2) is 0 Å². The summed E-state index contributed by atoms with van der Waals surface area (Å²) in [4.78, 5) is 10.4. The highest BCUT2D eigenvalue weighted by atomic mass is 16.6. The Morgan fingerprint density at radius 3 is 2.35 bits per heavy atom. The number of para-hydroxylation sites is 1. The predicted molar refractivity (Wildman–Crippen MR) is 119 cm³/mol. The zero-order valence-corrected chi connectivity index (χ0v) is 17.1. The average molecular weight is 412 g/mol. The van der Waals surface area contributed by atoms with E-state index in [2.05, 4.69) is 36.5 Å². The predicted octanol–water partition coefficient (Wildman–Crippen LogP) is 5.84. The molecule has 2 heterocycles. The minimum absolute atomic E-state index is 0.0342. The van der Waals surface area contributed by atoms with Crippen LogP contribution in [0, 0.1) is 24.0 Å². The first-order valence-electron chi connectivity index (χ1n) is 9.94. The van der Waals surface area contributed by atoms with Crippen molar-refractivity contribution in [2.45, 2.75) is 20.0 Å². The molecule has 1 N–H and O–H groups in total. The highest BCUT2D eigenvalue weighted by Crippen LogP contribution is 2.40. The second-order valence-corrected chi connectivity index (χ2v) is 7.58. The number of aromatic nitrogens is 2. The number of rotatable bonds is 4. The van der Waals surface area contributed by atoms with Crippen LogP contribution in [0.15, 0.2) is 72.8 Å². The van der Waals surface area contributed by atoms with Crippen molar-refractivity contribution in [2.24, 2.45) is 0 Å². The van der Waals surface area contributed by atoms with Crippen LogP contribution in [0.1, 0.15) is 23.0 Å². The molecule has 3 aromatic carbocycles. The molecule has 0 bridgehead atoms. The summed E-state index contributed by atoms with van der Waals surface area (Å²) in [6, 6.07) is 22.2. The standard InChI is InChI=1S/C24H20N4O3/c1-15-4-3-5-21-22-14-16(2)26-27(22)24(25-23(15)21)17-6-10-19(11-7-17)31-20-12-8-18(9-13-20)28(29)30/h3-14,24-25H,1-2H3. The Balaban J connectivity index is 1.43. The van der Waals surface area contributed by atoms with Crippen LogP contribution in [0.25, 0.3) is 11.3 Å². The summed E-state index contributed by atoms with van der Waals surface area (Å²) < 4.78 is 7.86. The van der Waals surface area contributed by atoms with E-state index in [1.165, 1.54) is 17.7 Å². The Morgan fingerprint density at radius 1 is 1.00 bits per heavy atom. The SMILES string of the molecule is Cc1cc2n(n1)C(c1ccc(Oc3ccc([N+](=O)[O-])cc3)cc1)Nc1c(C)cccc1-2. The summed E-state index contributed by atoms with van der Waals surface area (Å²) >= 11 is 0. The molecular formula is C24H20N4O3. The number of nitro benzene ring substituents is 1. The number of hydrogen-bond donors (Lipinski definition) is 1. The maximum atomic E-state index is 10.8. The molecule has 1 unspecified atom stereocenters. The molecule has 1 atom stereocenters. The maximum Gasteiger partial charge on any atom is 0.269 e. The van der Waals surface area contributed by atoms with Crippen molar-refractivity contribution in [2.75, 3.05) is 5.32 Å². The van der Waals surface area contributed by atoms with Crippen LogP contribution in [0.3, 0.4) is 0 Å². The van der Waals surface area contributed by atoms with E-state index >= 15 is 0 Å². The fourth-order valence-electron chi connectivity index (χ4n) is 3.90. The Labute approximate surface area is 179 Å². The first kappa shape index (κ1) is 18.9. The Kier molecular flexibility index (Phi) is 4.43. The molecule has 5 rings (SSSR count). The maximum absolute atomic E-state index is 10.8. The monoisotopic (exact) mass is 412 g/mol. The quantitative estimate of drug-likeness (QED) is 0.336. The molecule has 7 nitrogen and oxygen atoms in total. The van der Waals surface area contributed by atoms with E-state index in [4.69, 9.17) is 9.84 Å². The van der Waals surface area contributed by atoms with Crippen LogP contribution in [0.2, 0.25) is 0 Å². The molecule has 0 saturated heterocycles. The zero-order valence-electron chi connectivity index (χ0n) is 17.1. The molecule has 7 heteroatoms. The van der Waals surface area contributed by atoms with Crippen molar-refractivity contribution < 1.29 is 9.66 Å². The summed E-state index contributed by atoms with van der Waals surface area (Å²) in [5.41, 5.74) is 6.59. The van der Waals surface area contributed by atoms with Gasteiger partial charge in [-0.2, -0.15) is 5.10 Å². The highest BCUT2D eigenvalue weighted by molar-refractivity contribution is 5.81. The summed E-state index contributed by atoms with van der Waals surface area (Å²) in [6.07, 6.45) is -0.134. The van der Waals surface area contributed by atoms with Crippen molar-refractivity contribution in [3.05, 3.63) is 99.7 Å². The number of nitrogens with zero attached hydrogens (tertiary/aromatic N) is 3. The Bertz CT molecular complexity index is 1280. The summed E-state index contributed by atoms with van der Waals surface area (Å²) in [5.74, 6) is 1.20. The lowest BCUT2D eigenvalue weighted by atomic mass is 10.0. The number of aryl methyl sites for hydroxylation is 2. The van der Waals surface area contributed by atoms with Crippen molar-refractivity contribution in [3.63, 3.8) is 0 Å². The van der Waals surface area contributed by atoms with Gasteiger partial charge in [-0.3, -0.25) is 10.1 Å². The molecule has 31 heavy (non-hydrogen) atoms. The number of nitrogens with one attached hydrogen (secondary N) is 1. The largest absolute Gasteiger partial charge is 0.457 e. The van der Waals surface area contributed by atoms with Gasteiger partial charge < -0.3 is 10.1 Å². The van der Waals surface area contributed by atoms with Crippen LogP contribution in [0.5, 0.6) is 11.5 Å². The Hall–Kier alpha value is -4.13. The lowest BCUT2D eigenvalue weighted by Gasteiger charge is -2.30. The van der Waals surface area contributed by atoms with Crippen molar-refractivity contribution in [1.82, 2.24) is 9.78 Å². The molecule has 1 aliphatic heterocycles. The summed E-state index contributed by atoms with van der Waals surface area (Å²) in [5, 5.41) is 19.1. The second-order valence-electron chi connectivity index (χ2n) is 7.58. The minimum Gasteiger partial charge on any atom is -0.457 e. The molecule has 154 valence electrons. The highest BCUT2D eigenvalue weighted by Gasteiger charge is 2.27. The number of nitro groups is 1. The van der Waals surface area contributed by atoms with E-state index < -0.39 is 4.92 Å². The molecule has 4 aromatic rings. The van der Waals surface area contributed by atoms with Gasteiger partial charge in [0.1, 0.15) is 17.7 Å². The van der Waals surface area contributed by atoms with E-state index in [-0.39, 0.29) is 11.9 Å². The van der Waals surface area contributed by atoms with Gasteiger partial charge in [0.2, 0.25) is 0 Å². The van der Waals surface area contributed by atoms with Gasteiger partial charge >= 0.3 is 0 Å². The third-order valence-corrected chi connectivity index (χ3v) is 5.41. The van der Waals surface area contributed by atoms with Crippen molar-refractivity contribution in [3.8, 4) is 22.8 Å².